The maximum Gasteiger partial charge on any atom is 0.267 e. The van der Waals surface area contributed by atoms with E-state index in [1.54, 1.807) is 0 Å². The lowest BCUT2D eigenvalue weighted by Gasteiger charge is -2.35. The zero-order valence-corrected chi connectivity index (χ0v) is 21.9. The van der Waals surface area contributed by atoms with Crippen LogP contribution in [0.5, 0.6) is 0 Å². The van der Waals surface area contributed by atoms with Gasteiger partial charge >= 0.3 is 0 Å². The van der Waals surface area contributed by atoms with E-state index in [0.29, 0.717) is 24.1 Å². The number of hydrogen-bond acceptors (Lipinski definition) is 5. The number of aliphatic imine (C=N–C) groups is 1. The predicted molar refractivity (Wildman–Crippen MR) is 136 cm³/mol. The molecule has 196 valence electrons. The van der Waals surface area contributed by atoms with Gasteiger partial charge in [-0.25, -0.2) is 4.99 Å². The van der Waals surface area contributed by atoms with Gasteiger partial charge in [0.05, 0.1) is 13.2 Å². The summed E-state index contributed by atoms with van der Waals surface area (Å²) in [5, 5.41) is 19.7. The lowest BCUT2D eigenvalue weighted by atomic mass is 10.0. The Morgan fingerprint density at radius 2 is 1.36 bits per heavy atom. The number of rotatable bonds is 22. The summed E-state index contributed by atoms with van der Waals surface area (Å²) in [5.74, 6) is 0.276. The van der Waals surface area contributed by atoms with Crippen molar-refractivity contribution in [2.24, 2.45) is 4.99 Å². The Morgan fingerprint density at radius 1 is 0.879 bits per heavy atom. The number of unbranched alkanes of at least 4 members (excludes halogenated alkanes) is 14. The molecule has 0 bridgehead atoms. The largest absolute Gasteiger partial charge is 0.390 e. The normalized spacial score (nSPS) is 19.7. The fourth-order valence-electron chi connectivity index (χ4n) is 5.04. The standard InChI is InChI=1S/C25H50N2O5S/c1-2-3-4-5-6-7-8-9-10-11-12-13-14-15-16-17-25-26-18-19-27(25,20-21-28)22-24(29)23-33(30,31)32/h24,28-29H,2-23H2,1H3/p+1. The number of hydrogen-bond donors (Lipinski definition) is 3. The molecule has 33 heavy (non-hydrogen) atoms. The molecular weight excluding hydrogens is 440 g/mol. The zero-order chi connectivity index (χ0) is 24.4. The summed E-state index contributed by atoms with van der Waals surface area (Å²) in [6, 6.07) is 0. The Hall–Kier alpha value is -0.540. The van der Waals surface area contributed by atoms with Gasteiger partial charge in [-0.15, -0.1) is 0 Å². The Balaban J connectivity index is 2.14. The van der Waals surface area contributed by atoms with Crippen LogP contribution in [-0.4, -0.2) is 78.1 Å². The molecule has 7 nitrogen and oxygen atoms in total. The van der Waals surface area contributed by atoms with Crippen LogP contribution >= 0.6 is 0 Å². The molecule has 8 heteroatoms. The first-order valence-corrected chi connectivity index (χ1v) is 15.1. The number of nitrogens with zero attached hydrogens (tertiary/aromatic N) is 2. The van der Waals surface area contributed by atoms with E-state index in [4.69, 9.17) is 4.55 Å². The predicted octanol–water partition coefficient (Wildman–Crippen LogP) is 4.72. The van der Waals surface area contributed by atoms with Gasteiger partial charge < -0.3 is 10.2 Å². The zero-order valence-electron chi connectivity index (χ0n) is 21.1. The minimum Gasteiger partial charge on any atom is -0.390 e. The minimum atomic E-state index is -4.23. The van der Waals surface area contributed by atoms with Crippen LogP contribution in [0.1, 0.15) is 110 Å². The summed E-state index contributed by atoms with van der Waals surface area (Å²) in [7, 11) is -4.23. The summed E-state index contributed by atoms with van der Waals surface area (Å²) < 4.78 is 31.6. The van der Waals surface area contributed by atoms with E-state index in [1.807, 2.05) is 0 Å². The van der Waals surface area contributed by atoms with Crippen molar-refractivity contribution in [3.8, 4) is 0 Å². The van der Waals surface area contributed by atoms with E-state index in [2.05, 4.69) is 11.9 Å². The minimum absolute atomic E-state index is 0.0452. The topological polar surface area (TPSA) is 107 Å². The molecule has 1 aliphatic heterocycles. The second-order valence-electron chi connectivity index (χ2n) is 9.90. The molecule has 3 N–H and O–H groups in total. The maximum atomic E-state index is 11.1. The Kier molecular flexibility index (Phi) is 16.5. The van der Waals surface area contributed by atoms with Crippen molar-refractivity contribution in [3.63, 3.8) is 0 Å². The fraction of sp³-hybridized carbons (Fsp3) is 0.960. The third-order valence-electron chi connectivity index (χ3n) is 6.87. The lowest BCUT2D eigenvalue weighted by Crippen LogP contribution is -2.57. The van der Waals surface area contributed by atoms with Crippen molar-refractivity contribution in [1.82, 2.24) is 0 Å². The summed E-state index contributed by atoms with van der Waals surface area (Å²) in [4.78, 5) is 4.62. The first-order valence-electron chi connectivity index (χ1n) is 13.5. The van der Waals surface area contributed by atoms with Crippen LogP contribution in [0.2, 0.25) is 0 Å². The van der Waals surface area contributed by atoms with Gasteiger partial charge in [-0.05, 0) is 6.42 Å². The summed E-state index contributed by atoms with van der Waals surface area (Å²) >= 11 is 0. The monoisotopic (exact) mass is 491 g/mol. The second-order valence-corrected chi connectivity index (χ2v) is 11.4. The van der Waals surface area contributed by atoms with Gasteiger partial charge in [-0.3, -0.25) is 9.04 Å². The molecule has 1 rings (SSSR count). The highest BCUT2D eigenvalue weighted by atomic mass is 32.2. The Morgan fingerprint density at radius 3 is 1.82 bits per heavy atom. The molecule has 0 aliphatic carbocycles. The van der Waals surface area contributed by atoms with Crippen LogP contribution < -0.4 is 0 Å². The summed E-state index contributed by atoms with van der Waals surface area (Å²) in [5.41, 5.74) is 0. The van der Waals surface area contributed by atoms with Crippen LogP contribution in [0.4, 0.5) is 0 Å². The van der Waals surface area contributed by atoms with Gasteiger partial charge in [0.25, 0.3) is 10.1 Å². The van der Waals surface area contributed by atoms with Gasteiger partial charge in [0.2, 0.25) is 0 Å². The smallest absolute Gasteiger partial charge is 0.267 e. The van der Waals surface area contributed by atoms with Crippen LogP contribution in [0.15, 0.2) is 4.99 Å². The average molecular weight is 492 g/mol. The first kappa shape index (κ1) is 30.5. The fourth-order valence-corrected chi connectivity index (χ4v) is 5.63. The molecule has 1 aliphatic rings. The van der Waals surface area contributed by atoms with E-state index in [1.165, 1.54) is 83.5 Å². The third-order valence-corrected chi connectivity index (χ3v) is 7.67. The van der Waals surface area contributed by atoms with Gasteiger partial charge in [-0.2, -0.15) is 8.42 Å². The summed E-state index contributed by atoms with van der Waals surface area (Å²) in [6.07, 6.45) is 19.4. The molecule has 1 heterocycles. The molecule has 0 amide bonds. The highest BCUT2D eigenvalue weighted by molar-refractivity contribution is 7.85. The van der Waals surface area contributed by atoms with Crippen LogP contribution in [-0.2, 0) is 10.1 Å². The van der Waals surface area contributed by atoms with Gasteiger partial charge in [0.15, 0.2) is 5.84 Å². The quantitative estimate of drug-likeness (QED) is 0.115. The van der Waals surface area contributed by atoms with E-state index >= 15 is 0 Å². The van der Waals surface area contributed by atoms with Crippen molar-refractivity contribution in [3.05, 3.63) is 0 Å². The lowest BCUT2D eigenvalue weighted by molar-refractivity contribution is -0.840. The highest BCUT2D eigenvalue weighted by Gasteiger charge is 2.39. The second kappa shape index (κ2) is 17.8. The van der Waals surface area contributed by atoms with E-state index in [0.717, 1.165) is 25.1 Å². The molecule has 2 unspecified atom stereocenters. The Bertz CT molecular complexity index is 626. The van der Waals surface area contributed by atoms with Crippen molar-refractivity contribution >= 4 is 16.0 Å². The third kappa shape index (κ3) is 14.5. The molecule has 0 fully saturated rings. The van der Waals surface area contributed by atoms with Crippen molar-refractivity contribution in [2.75, 3.05) is 38.5 Å². The van der Waals surface area contributed by atoms with Gasteiger partial charge in [-0.1, -0.05) is 96.8 Å². The molecule has 0 radical (unpaired) electrons. The SMILES string of the molecule is CCCCCCCCCCCCCCCCCC1=NCC[N+]1(CCO)CC(O)CS(=O)(=O)O. The van der Waals surface area contributed by atoms with Crippen LogP contribution in [0.3, 0.4) is 0 Å². The molecule has 0 spiro atoms. The van der Waals surface area contributed by atoms with Crippen molar-refractivity contribution in [1.29, 1.82) is 0 Å². The molecule has 0 aromatic heterocycles. The molecule has 2 atom stereocenters. The summed E-state index contributed by atoms with van der Waals surface area (Å²) in [6.45, 7) is 4.10. The Labute approximate surface area is 203 Å². The van der Waals surface area contributed by atoms with Crippen molar-refractivity contribution < 1.29 is 27.7 Å². The van der Waals surface area contributed by atoms with Gasteiger partial charge in [0, 0.05) is 6.42 Å². The van der Waals surface area contributed by atoms with E-state index < -0.39 is 22.0 Å². The van der Waals surface area contributed by atoms with Crippen LogP contribution in [0.25, 0.3) is 0 Å². The highest BCUT2D eigenvalue weighted by Crippen LogP contribution is 2.21. The van der Waals surface area contributed by atoms with E-state index in [9.17, 15) is 18.6 Å². The molecular formula is C25H51N2O5S+. The van der Waals surface area contributed by atoms with Crippen molar-refractivity contribution in [2.45, 2.75) is 116 Å². The number of amidine groups is 1. The molecule has 0 aromatic rings. The number of aliphatic hydroxyl groups excluding tert-OH is 2. The first-order chi connectivity index (χ1) is 15.8. The number of aliphatic hydroxyl groups is 2. The van der Waals surface area contributed by atoms with Gasteiger partial charge in [0.1, 0.15) is 31.5 Å². The maximum absolute atomic E-state index is 11.1. The number of quaternary nitrogens is 1. The molecule has 0 saturated carbocycles. The molecule has 0 aromatic carbocycles. The van der Waals surface area contributed by atoms with Crippen LogP contribution in [0, 0.1) is 0 Å². The van der Waals surface area contributed by atoms with E-state index in [-0.39, 0.29) is 13.2 Å². The average Bonchev–Trinajstić information content (AvgIpc) is 3.11. The molecule has 0 saturated heterocycles.